The van der Waals surface area contributed by atoms with Crippen LogP contribution in [0.1, 0.15) is 78.1 Å². The van der Waals surface area contributed by atoms with E-state index < -0.39 is 0 Å². The first-order valence-electron chi connectivity index (χ1n) is 6.87. The van der Waals surface area contributed by atoms with Crippen molar-refractivity contribution in [2.24, 2.45) is 0 Å². The van der Waals surface area contributed by atoms with Gasteiger partial charge in [-0.2, -0.15) is 0 Å². The van der Waals surface area contributed by atoms with Crippen LogP contribution in [-0.2, 0) is 0 Å². The largest absolute Gasteiger partial charge is 0.123 e. The van der Waals surface area contributed by atoms with Crippen molar-refractivity contribution < 1.29 is 0 Å². The van der Waals surface area contributed by atoms with Gasteiger partial charge in [0.05, 0.1) is 0 Å². The molecule has 0 aliphatic rings. The average Bonchev–Trinajstić information content (AvgIpc) is 2.25. The molecule has 0 nitrogen and oxygen atoms in total. The molecule has 0 aliphatic heterocycles. The van der Waals surface area contributed by atoms with Crippen LogP contribution in [0.4, 0.5) is 0 Å². The Balaban J connectivity index is 3.05. The van der Waals surface area contributed by atoms with Gasteiger partial charge in [0.25, 0.3) is 0 Å². The molecule has 0 radical (unpaired) electrons. The van der Waals surface area contributed by atoms with E-state index in [-0.39, 0.29) is 0 Å². The Hall–Kier alpha value is -0.150. The molecule has 94 valence electrons. The van der Waals surface area contributed by atoms with E-state index in [2.05, 4.69) is 25.7 Å². The summed E-state index contributed by atoms with van der Waals surface area (Å²) in [5.41, 5.74) is 0. The predicted molar refractivity (Wildman–Crippen MR) is 74.9 cm³/mol. The molecule has 0 bridgehead atoms. The number of halogens is 1. The fourth-order valence-corrected chi connectivity index (χ4v) is 1.77. The number of alkyl halides is 1. The molecule has 0 aromatic rings. The second-order valence-corrected chi connectivity index (χ2v) is 5.29. The normalized spacial score (nSPS) is 11.9. The van der Waals surface area contributed by atoms with Crippen molar-refractivity contribution in [3.05, 3.63) is 0 Å². The summed E-state index contributed by atoms with van der Waals surface area (Å²) in [6.07, 6.45) is 12.4. The Kier molecular flexibility index (Phi) is 12.8. The van der Waals surface area contributed by atoms with E-state index in [1.807, 2.05) is 0 Å². The first-order valence-corrected chi connectivity index (χ1v) is 7.30. The third kappa shape index (κ3) is 13.8. The molecule has 0 rings (SSSR count). The summed E-state index contributed by atoms with van der Waals surface area (Å²) in [6, 6.07) is 0. The van der Waals surface area contributed by atoms with Crippen LogP contribution in [0.25, 0.3) is 0 Å². The summed E-state index contributed by atoms with van der Waals surface area (Å²) < 4.78 is 0. The van der Waals surface area contributed by atoms with E-state index in [0.717, 1.165) is 12.8 Å². The molecule has 0 amide bonds. The van der Waals surface area contributed by atoms with E-state index in [0.29, 0.717) is 5.38 Å². The predicted octanol–water partition coefficient (Wildman–Crippen LogP) is 5.54. The topological polar surface area (TPSA) is 0 Å². The van der Waals surface area contributed by atoms with Gasteiger partial charge in [-0.3, -0.25) is 0 Å². The van der Waals surface area contributed by atoms with Gasteiger partial charge in [-0.1, -0.05) is 39.0 Å². The molecule has 0 aliphatic carbocycles. The maximum absolute atomic E-state index is 5.88. The zero-order valence-electron chi connectivity index (χ0n) is 11.0. The Labute approximate surface area is 107 Å². The van der Waals surface area contributed by atoms with Crippen LogP contribution in [0.3, 0.4) is 0 Å². The zero-order valence-corrected chi connectivity index (χ0v) is 11.8. The summed E-state index contributed by atoms with van der Waals surface area (Å²) in [5.74, 6) is 6.49. The minimum absolute atomic E-state index is 0.351. The zero-order chi connectivity index (χ0) is 12.1. The van der Waals surface area contributed by atoms with Crippen molar-refractivity contribution in [3.8, 4) is 11.8 Å². The third-order valence-corrected chi connectivity index (χ3v) is 2.90. The minimum Gasteiger partial charge on any atom is -0.123 e. The Morgan fingerprint density at radius 1 is 0.875 bits per heavy atom. The molecule has 0 N–H and O–H groups in total. The van der Waals surface area contributed by atoms with Gasteiger partial charge in [0.2, 0.25) is 0 Å². The van der Waals surface area contributed by atoms with Gasteiger partial charge in [-0.05, 0) is 26.2 Å². The van der Waals surface area contributed by atoms with Crippen molar-refractivity contribution in [1.29, 1.82) is 0 Å². The van der Waals surface area contributed by atoms with Crippen LogP contribution in [0.15, 0.2) is 0 Å². The molecule has 1 unspecified atom stereocenters. The quantitative estimate of drug-likeness (QED) is 0.283. The average molecular weight is 243 g/mol. The van der Waals surface area contributed by atoms with Gasteiger partial charge in [0.1, 0.15) is 0 Å². The number of unbranched alkanes of at least 4 members (excludes halogenated alkanes) is 7. The first-order chi connectivity index (χ1) is 7.77. The van der Waals surface area contributed by atoms with Gasteiger partial charge < -0.3 is 0 Å². The highest BCUT2D eigenvalue weighted by Crippen LogP contribution is 2.10. The van der Waals surface area contributed by atoms with Crippen LogP contribution in [0, 0.1) is 11.8 Å². The monoisotopic (exact) mass is 242 g/mol. The number of hydrogen-bond donors (Lipinski definition) is 0. The molecule has 0 aromatic heterocycles. The van der Waals surface area contributed by atoms with Crippen molar-refractivity contribution in [2.75, 3.05) is 0 Å². The van der Waals surface area contributed by atoms with Crippen LogP contribution < -0.4 is 0 Å². The lowest BCUT2D eigenvalue weighted by atomic mass is 10.1. The van der Waals surface area contributed by atoms with Crippen molar-refractivity contribution in [1.82, 2.24) is 0 Å². The van der Waals surface area contributed by atoms with Gasteiger partial charge in [0, 0.05) is 18.2 Å². The van der Waals surface area contributed by atoms with Gasteiger partial charge >= 0.3 is 0 Å². The minimum atomic E-state index is 0.351. The highest BCUT2D eigenvalue weighted by molar-refractivity contribution is 6.20. The van der Waals surface area contributed by atoms with Crippen molar-refractivity contribution in [2.45, 2.75) is 83.4 Å². The molecule has 0 heterocycles. The molecule has 0 spiro atoms. The molecule has 1 heteroatoms. The third-order valence-electron chi connectivity index (χ3n) is 2.68. The lowest BCUT2D eigenvalue weighted by Crippen LogP contribution is -1.89. The Morgan fingerprint density at radius 3 is 2.06 bits per heavy atom. The summed E-state index contributed by atoms with van der Waals surface area (Å²) in [6.45, 7) is 4.29. The highest BCUT2D eigenvalue weighted by Gasteiger charge is 1.95. The summed E-state index contributed by atoms with van der Waals surface area (Å²) >= 11 is 5.88. The summed E-state index contributed by atoms with van der Waals surface area (Å²) in [7, 11) is 0. The maximum Gasteiger partial charge on any atom is 0.0307 e. The van der Waals surface area contributed by atoms with E-state index >= 15 is 0 Å². The molecule has 16 heavy (non-hydrogen) atoms. The van der Waals surface area contributed by atoms with E-state index in [4.69, 9.17) is 11.6 Å². The van der Waals surface area contributed by atoms with Crippen LogP contribution >= 0.6 is 11.6 Å². The number of hydrogen-bond acceptors (Lipinski definition) is 0. The number of rotatable bonds is 9. The molecule has 0 saturated heterocycles. The Morgan fingerprint density at radius 2 is 1.44 bits per heavy atom. The smallest absolute Gasteiger partial charge is 0.0307 e. The van der Waals surface area contributed by atoms with Gasteiger partial charge in [0.15, 0.2) is 0 Å². The van der Waals surface area contributed by atoms with Crippen LogP contribution in [0.5, 0.6) is 0 Å². The molecular formula is C15H27Cl. The lowest BCUT2D eigenvalue weighted by molar-refractivity contribution is 0.596. The summed E-state index contributed by atoms with van der Waals surface area (Å²) in [4.78, 5) is 0. The second-order valence-electron chi connectivity index (χ2n) is 4.54. The molecule has 0 aromatic carbocycles. The molecule has 0 saturated carbocycles. The van der Waals surface area contributed by atoms with E-state index in [9.17, 15) is 0 Å². The molecular weight excluding hydrogens is 216 g/mol. The van der Waals surface area contributed by atoms with E-state index in [1.54, 1.807) is 0 Å². The van der Waals surface area contributed by atoms with Gasteiger partial charge in [-0.25, -0.2) is 0 Å². The first kappa shape index (κ1) is 15.9. The molecule has 1 atom stereocenters. The summed E-state index contributed by atoms with van der Waals surface area (Å²) in [5, 5.41) is 0.351. The maximum atomic E-state index is 5.88. The highest BCUT2D eigenvalue weighted by atomic mass is 35.5. The van der Waals surface area contributed by atoms with Crippen molar-refractivity contribution in [3.63, 3.8) is 0 Å². The Bertz CT molecular complexity index is 185. The fourth-order valence-electron chi connectivity index (χ4n) is 1.61. The second kappa shape index (κ2) is 12.9. The van der Waals surface area contributed by atoms with E-state index in [1.165, 1.54) is 51.4 Å². The van der Waals surface area contributed by atoms with Crippen LogP contribution in [0.2, 0.25) is 0 Å². The molecule has 0 fully saturated rings. The SMILES string of the molecule is CCCCC#CCCCCCCCC(C)Cl. The van der Waals surface area contributed by atoms with Crippen molar-refractivity contribution >= 4 is 11.6 Å². The van der Waals surface area contributed by atoms with Gasteiger partial charge in [-0.15, -0.1) is 23.4 Å². The fraction of sp³-hybridized carbons (Fsp3) is 0.867. The lowest BCUT2D eigenvalue weighted by Gasteiger charge is -2.01. The van der Waals surface area contributed by atoms with Crippen LogP contribution in [-0.4, -0.2) is 5.38 Å². The standard InChI is InChI=1S/C15H27Cl/c1-3-4-5-6-7-8-9-10-11-12-13-14-15(2)16/h15H,3-5,8-14H2,1-2H3.